The van der Waals surface area contributed by atoms with Crippen molar-refractivity contribution in [2.24, 2.45) is 0 Å². The molecule has 0 saturated carbocycles. The number of aliphatic carboxylic acids is 1. The van der Waals surface area contributed by atoms with Gasteiger partial charge in [-0.3, -0.25) is 4.79 Å². The Balaban J connectivity index is 3.86. The molecule has 0 saturated heterocycles. The van der Waals surface area contributed by atoms with Gasteiger partial charge in [0.2, 0.25) is 5.91 Å². The molecule has 0 aromatic rings. The van der Waals surface area contributed by atoms with Crippen molar-refractivity contribution in [2.75, 3.05) is 6.54 Å². The zero-order chi connectivity index (χ0) is 12.8. The summed E-state index contributed by atoms with van der Waals surface area (Å²) < 4.78 is 0. The van der Waals surface area contributed by atoms with Gasteiger partial charge in [-0.05, 0) is 27.2 Å². The van der Waals surface area contributed by atoms with Crippen molar-refractivity contribution < 1.29 is 14.7 Å². The molecule has 5 heteroatoms. The molecule has 0 fully saturated rings. The van der Waals surface area contributed by atoms with Crippen molar-refractivity contribution in [1.29, 1.82) is 0 Å². The quantitative estimate of drug-likeness (QED) is 0.629. The molecule has 0 unspecified atom stereocenters. The van der Waals surface area contributed by atoms with Crippen LogP contribution >= 0.6 is 0 Å². The first-order valence-corrected chi connectivity index (χ1v) is 5.53. The lowest BCUT2D eigenvalue weighted by molar-refractivity contribution is -0.141. The van der Waals surface area contributed by atoms with Gasteiger partial charge in [-0.1, -0.05) is 6.92 Å². The lowest BCUT2D eigenvalue weighted by Gasteiger charge is -2.20. The summed E-state index contributed by atoms with van der Waals surface area (Å²) in [7, 11) is 0. The molecule has 0 bridgehead atoms. The third kappa shape index (κ3) is 7.23. The second kappa shape index (κ2) is 6.48. The summed E-state index contributed by atoms with van der Waals surface area (Å²) in [5.41, 5.74) is -0.0305. The van der Waals surface area contributed by atoms with Crippen molar-refractivity contribution in [3.05, 3.63) is 0 Å². The van der Waals surface area contributed by atoms with Crippen LogP contribution in [0.2, 0.25) is 0 Å². The Morgan fingerprint density at radius 3 is 2.25 bits per heavy atom. The monoisotopic (exact) mass is 230 g/mol. The summed E-state index contributed by atoms with van der Waals surface area (Å²) in [5, 5.41) is 14.4. The van der Waals surface area contributed by atoms with E-state index in [1.807, 2.05) is 20.8 Å². The minimum absolute atomic E-state index is 0.0305. The van der Waals surface area contributed by atoms with E-state index in [4.69, 9.17) is 5.11 Å². The lowest BCUT2D eigenvalue weighted by atomic mass is 10.1. The van der Waals surface area contributed by atoms with Crippen molar-refractivity contribution in [2.45, 2.75) is 52.1 Å². The Kier molecular flexibility index (Phi) is 6.03. The molecular formula is C11H22N2O3. The van der Waals surface area contributed by atoms with E-state index in [1.54, 1.807) is 6.92 Å². The lowest BCUT2D eigenvalue weighted by Crippen LogP contribution is -2.43. The number of carboxylic acids is 1. The molecule has 0 rings (SSSR count). The molecule has 0 aliphatic heterocycles. The van der Waals surface area contributed by atoms with Gasteiger partial charge in [-0.2, -0.15) is 0 Å². The van der Waals surface area contributed by atoms with Crippen molar-refractivity contribution in [1.82, 2.24) is 10.6 Å². The summed E-state index contributed by atoms with van der Waals surface area (Å²) in [6.07, 6.45) is 0.689. The first kappa shape index (κ1) is 14.9. The van der Waals surface area contributed by atoms with E-state index in [1.165, 1.54) is 0 Å². The Bertz CT molecular complexity index is 246. The summed E-state index contributed by atoms with van der Waals surface area (Å²) in [4.78, 5) is 22.1. The van der Waals surface area contributed by atoms with Crippen molar-refractivity contribution in [3.63, 3.8) is 0 Å². The molecule has 1 atom stereocenters. The van der Waals surface area contributed by atoms with Crippen LogP contribution in [-0.2, 0) is 9.59 Å². The van der Waals surface area contributed by atoms with Gasteiger partial charge >= 0.3 is 5.97 Å². The zero-order valence-corrected chi connectivity index (χ0v) is 10.5. The maximum absolute atomic E-state index is 11.4. The smallest absolute Gasteiger partial charge is 0.326 e. The fourth-order valence-electron chi connectivity index (χ4n) is 1.16. The number of carbonyl (C=O) groups excluding carboxylic acids is 1. The minimum atomic E-state index is -0.986. The second-order valence-corrected chi connectivity index (χ2v) is 4.79. The Hall–Kier alpha value is -1.10. The predicted molar refractivity (Wildman–Crippen MR) is 62.2 cm³/mol. The van der Waals surface area contributed by atoms with Crippen molar-refractivity contribution in [3.8, 4) is 0 Å². The number of carboxylic acid groups (broad SMARTS) is 1. The number of hydrogen-bond donors (Lipinski definition) is 3. The highest BCUT2D eigenvalue weighted by Crippen LogP contribution is 1.98. The van der Waals surface area contributed by atoms with Gasteiger partial charge in [0.25, 0.3) is 0 Å². The van der Waals surface area contributed by atoms with Crippen LogP contribution in [0.1, 0.15) is 40.5 Å². The highest BCUT2D eigenvalue weighted by Gasteiger charge is 2.17. The maximum atomic E-state index is 11.4. The highest BCUT2D eigenvalue weighted by molar-refractivity contribution is 5.83. The van der Waals surface area contributed by atoms with Crippen LogP contribution in [-0.4, -0.2) is 35.1 Å². The van der Waals surface area contributed by atoms with Crippen LogP contribution in [0.15, 0.2) is 0 Å². The van der Waals surface area contributed by atoms with Crippen molar-refractivity contribution >= 4 is 11.9 Å². The minimum Gasteiger partial charge on any atom is -0.480 e. The van der Waals surface area contributed by atoms with Gasteiger partial charge in [0, 0.05) is 18.5 Å². The Labute approximate surface area is 96.6 Å². The molecule has 0 aromatic carbocycles. The van der Waals surface area contributed by atoms with Gasteiger partial charge in [-0.15, -0.1) is 0 Å². The Morgan fingerprint density at radius 1 is 1.31 bits per heavy atom. The van der Waals surface area contributed by atoms with Gasteiger partial charge < -0.3 is 15.7 Å². The molecule has 1 amide bonds. The summed E-state index contributed by atoms with van der Waals surface area (Å²) in [5.74, 6) is -1.22. The SMILES string of the molecule is CC[C@@H](NC(=O)CCNC(C)(C)C)C(=O)O. The number of amides is 1. The van der Waals surface area contributed by atoms with Crippen LogP contribution in [0.25, 0.3) is 0 Å². The standard InChI is InChI=1S/C11H22N2O3/c1-5-8(10(15)16)13-9(14)6-7-12-11(2,3)4/h8,12H,5-7H2,1-4H3,(H,13,14)(H,15,16)/t8-/m1/s1. The van der Waals surface area contributed by atoms with Crippen LogP contribution in [0, 0.1) is 0 Å². The summed E-state index contributed by atoms with van der Waals surface area (Å²) in [6, 6.07) is -0.776. The molecule has 0 radical (unpaired) electrons. The normalized spacial score (nSPS) is 13.2. The average Bonchev–Trinajstić information content (AvgIpc) is 2.11. The van der Waals surface area contributed by atoms with E-state index in [0.29, 0.717) is 19.4 Å². The second-order valence-electron chi connectivity index (χ2n) is 4.79. The fraction of sp³-hybridized carbons (Fsp3) is 0.818. The summed E-state index contributed by atoms with van der Waals surface area (Å²) >= 11 is 0. The molecule has 94 valence electrons. The molecule has 16 heavy (non-hydrogen) atoms. The predicted octanol–water partition coefficient (Wildman–Crippen LogP) is 0.744. The number of nitrogens with one attached hydrogen (secondary N) is 2. The van der Waals surface area contributed by atoms with Gasteiger partial charge in [0.1, 0.15) is 6.04 Å². The Morgan fingerprint density at radius 2 is 1.88 bits per heavy atom. The van der Waals surface area contributed by atoms with E-state index >= 15 is 0 Å². The van der Waals surface area contributed by atoms with E-state index in [9.17, 15) is 9.59 Å². The number of carbonyl (C=O) groups is 2. The van der Waals surface area contributed by atoms with E-state index < -0.39 is 12.0 Å². The van der Waals surface area contributed by atoms with Gasteiger partial charge in [-0.25, -0.2) is 4.79 Å². The maximum Gasteiger partial charge on any atom is 0.326 e. The molecule has 0 spiro atoms. The van der Waals surface area contributed by atoms with Crippen LogP contribution in [0.3, 0.4) is 0 Å². The number of hydrogen-bond acceptors (Lipinski definition) is 3. The highest BCUT2D eigenvalue weighted by atomic mass is 16.4. The molecule has 0 heterocycles. The number of rotatable bonds is 6. The molecule has 0 aliphatic carbocycles. The van der Waals surface area contributed by atoms with E-state index in [2.05, 4.69) is 10.6 Å². The molecule has 5 nitrogen and oxygen atoms in total. The third-order valence-corrected chi connectivity index (χ3v) is 2.05. The molecular weight excluding hydrogens is 208 g/mol. The van der Waals surface area contributed by atoms with Gasteiger partial charge in [0.15, 0.2) is 0 Å². The largest absolute Gasteiger partial charge is 0.480 e. The van der Waals surface area contributed by atoms with E-state index in [0.717, 1.165) is 0 Å². The first-order chi connectivity index (χ1) is 7.26. The average molecular weight is 230 g/mol. The summed E-state index contributed by atoms with van der Waals surface area (Å²) in [6.45, 7) is 8.31. The van der Waals surface area contributed by atoms with Crippen LogP contribution in [0.4, 0.5) is 0 Å². The molecule has 0 aliphatic rings. The van der Waals surface area contributed by atoms with E-state index in [-0.39, 0.29) is 11.4 Å². The zero-order valence-electron chi connectivity index (χ0n) is 10.5. The molecule has 3 N–H and O–H groups in total. The van der Waals surface area contributed by atoms with Crippen LogP contribution in [0.5, 0.6) is 0 Å². The topological polar surface area (TPSA) is 78.4 Å². The third-order valence-electron chi connectivity index (χ3n) is 2.05. The first-order valence-electron chi connectivity index (χ1n) is 5.53. The van der Waals surface area contributed by atoms with Gasteiger partial charge in [0.05, 0.1) is 0 Å². The molecule has 0 aromatic heterocycles. The fourth-order valence-corrected chi connectivity index (χ4v) is 1.16. The van der Waals surface area contributed by atoms with Crippen LogP contribution < -0.4 is 10.6 Å².